The second-order valence-electron chi connectivity index (χ2n) is 6.06. The Kier molecular flexibility index (Phi) is 6.52. The average Bonchev–Trinajstić information content (AvgIpc) is 2.78. The van der Waals surface area contributed by atoms with Crippen LogP contribution in [0.2, 0.25) is 0 Å². The summed E-state index contributed by atoms with van der Waals surface area (Å²) in [6, 6.07) is 26.1. The zero-order chi connectivity index (χ0) is 20.5. The third kappa shape index (κ3) is 5.64. The van der Waals surface area contributed by atoms with E-state index in [-0.39, 0.29) is 5.70 Å². The number of hydrazine groups is 1. The Labute approximate surface area is 168 Å². The first-order chi connectivity index (χ1) is 14.1. The molecule has 3 rings (SSSR count). The summed E-state index contributed by atoms with van der Waals surface area (Å²) in [6.45, 7) is 0. The maximum Gasteiger partial charge on any atom is 0.286 e. The molecule has 3 aromatic carbocycles. The topological polar surface area (TPSA) is 87.3 Å². The van der Waals surface area contributed by atoms with E-state index in [4.69, 9.17) is 0 Å². The Bertz CT molecular complexity index is 1020. The minimum atomic E-state index is -0.651. The van der Waals surface area contributed by atoms with E-state index in [0.717, 1.165) is 5.56 Å². The van der Waals surface area contributed by atoms with Crippen LogP contribution < -0.4 is 16.2 Å². The molecule has 0 saturated carbocycles. The fourth-order valence-electron chi connectivity index (χ4n) is 2.50. The minimum Gasteiger partial charge on any atom is -0.317 e. The average molecular weight is 385 g/mol. The largest absolute Gasteiger partial charge is 0.317 e. The molecule has 0 aliphatic heterocycles. The Hall–Kier alpha value is -4.19. The van der Waals surface area contributed by atoms with Gasteiger partial charge in [-0.15, -0.1) is 0 Å². The lowest BCUT2D eigenvalue weighted by molar-refractivity contribution is -0.118. The van der Waals surface area contributed by atoms with Gasteiger partial charge < -0.3 is 5.32 Å². The monoisotopic (exact) mass is 385 g/mol. The van der Waals surface area contributed by atoms with Crippen LogP contribution in [-0.4, -0.2) is 17.7 Å². The summed E-state index contributed by atoms with van der Waals surface area (Å²) >= 11 is 0. The van der Waals surface area contributed by atoms with E-state index in [1.165, 1.54) is 6.08 Å². The second kappa shape index (κ2) is 9.66. The molecule has 0 bridgehead atoms. The van der Waals surface area contributed by atoms with Crippen molar-refractivity contribution in [3.05, 3.63) is 113 Å². The molecule has 6 nitrogen and oxygen atoms in total. The lowest BCUT2D eigenvalue weighted by atomic mass is 10.1. The number of carbonyl (C=O) groups is 3. The first-order valence-electron chi connectivity index (χ1n) is 8.92. The molecule has 0 unspecified atom stereocenters. The highest BCUT2D eigenvalue weighted by atomic mass is 16.2. The van der Waals surface area contributed by atoms with Crippen LogP contribution in [0, 0.1) is 0 Å². The third-order valence-electron chi connectivity index (χ3n) is 3.96. The zero-order valence-electron chi connectivity index (χ0n) is 15.5. The van der Waals surface area contributed by atoms with E-state index in [9.17, 15) is 14.4 Å². The number of hydrogen-bond acceptors (Lipinski definition) is 3. The van der Waals surface area contributed by atoms with Crippen LogP contribution in [0.1, 0.15) is 26.3 Å². The minimum absolute atomic E-state index is 0.00147. The van der Waals surface area contributed by atoms with Gasteiger partial charge in [0.05, 0.1) is 0 Å². The zero-order valence-corrected chi connectivity index (χ0v) is 15.5. The van der Waals surface area contributed by atoms with E-state index in [1.54, 1.807) is 72.8 Å². The fourth-order valence-corrected chi connectivity index (χ4v) is 2.50. The number of benzene rings is 3. The van der Waals surface area contributed by atoms with Crippen molar-refractivity contribution in [1.82, 2.24) is 16.2 Å². The van der Waals surface area contributed by atoms with Crippen molar-refractivity contribution in [2.45, 2.75) is 0 Å². The van der Waals surface area contributed by atoms with Crippen molar-refractivity contribution in [3.63, 3.8) is 0 Å². The molecular weight excluding hydrogens is 366 g/mol. The molecule has 3 aromatic rings. The Morgan fingerprint density at radius 2 is 1.07 bits per heavy atom. The number of nitrogens with one attached hydrogen (secondary N) is 3. The highest BCUT2D eigenvalue weighted by Crippen LogP contribution is 2.07. The van der Waals surface area contributed by atoms with Gasteiger partial charge in [-0.1, -0.05) is 66.7 Å². The molecule has 0 radical (unpaired) electrons. The van der Waals surface area contributed by atoms with Crippen molar-refractivity contribution in [1.29, 1.82) is 0 Å². The molecule has 3 amide bonds. The summed E-state index contributed by atoms with van der Waals surface area (Å²) < 4.78 is 0. The lowest BCUT2D eigenvalue weighted by Gasteiger charge is -2.12. The summed E-state index contributed by atoms with van der Waals surface area (Å²) in [5, 5.41) is 2.60. The van der Waals surface area contributed by atoms with E-state index in [1.807, 2.05) is 18.2 Å². The molecule has 0 saturated heterocycles. The summed E-state index contributed by atoms with van der Waals surface area (Å²) in [5.74, 6) is -1.55. The van der Waals surface area contributed by atoms with Gasteiger partial charge in [-0.25, -0.2) is 0 Å². The SMILES string of the molecule is O=C(NNC(=O)c1ccccc1)/C(=C\c1ccccc1)NC(=O)c1ccccc1. The maximum absolute atomic E-state index is 12.6. The normalized spacial score (nSPS) is 10.7. The van der Waals surface area contributed by atoms with Crippen LogP contribution >= 0.6 is 0 Å². The van der Waals surface area contributed by atoms with Crippen molar-refractivity contribution < 1.29 is 14.4 Å². The molecule has 0 spiro atoms. The molecule has 0 aliphatic rings. The van der Waals surface area contributed by atoms with Gasteiger partial charge in [-0.05, 0) is 35.9 Å². The molecule has 3 N–H and O–H groups in total. The van der Waals surface area contributed by atoms with Crippen LogP contribution in [-0.2, 0) is 4.79 Å². The predicted molar refractivity (Wildman–Crippen MR) is 110 cm³/mol. The predicted octanol–water partition coefficient (Wildman–Crippen LogP) is 2.92. The highest BCUT2D eigenvalue weighted by molar-refractivity contribution is 6.06. The summed E-state index contributed by atoms with van der Waals surface area (Å²) in [5.41, 5.74) is 6.21. The van der Waals surface area contributed by atoms with E-state index in [0.29, 0.717) is 11.1 Å². The van der Waals surface area contributed by atoms with Gasteiger partial charge in [0.15, 0.2) is 0 Å². The van der Waals surface area contributed by atoms with Crippen LogP contribution in [0.25, 0.3) is 6.08 Å². The van der Waals surface area contributed by atoms with Crippen LogP contribution in [0.5, 0.6) is 0 Å². The number of amides is 3. The van der Waals surface area contributed by atoms with Crippen LogP contribution in [0.3, 0.4) is 0 Å². The standard InChI is InChI=1S/C23H19N3O3/c27-21(18-12-6-2-7-13-18)24-20(16-17-10-4-1-5-11-17)23(29)26-25-22(28)19-14-8-3-9-15-19/h1-16H,(H,24,27)(H,25,28)(H,26,29)/b20-16+. The van der Waals surface area contributed by atoms with E-state index in [2.05, 4.69) is 16.2 Å². The molecule has 0 atom stereocenters. The van der Waals surface area contributed by atoms with Gasteiger partial charge in [0, 0.05) is 11.1 Å². The van der Waals surface area contributed by atoms with Gasteiger partial charge in [0.2, 0.25) is 0 Å². The Balaban J connectivity index is 1.75. The van der Waals surface area contributed by atoms with Crippen molar-refractivity contribution in [2.24, 2.45) is 0 Å². The van der Waals surface area contributed by atoms with E-state index >= 15 is 0 Å². The summed E-state index contributed by atoms with van der Waals surface area (Å²) in [7, 11) is 0. The maximum atomic E-state index is 12.6. The number of rotatable bonds is 5. The van der Waals surface area contributed by atoms with Crippen molar-refractivity contribution in [3.8, 4) is 0 Å². The van der Waals surface area contributed by atoms with Gasteiger partial charge in [-0.2, -0.15) is 0 Å². The molecule has 0 fully saturated rings. The summed E-state index contributed by atoms with van der Waals surface area (Å²) in [4.78, 5) is 37.3. The van der Waals surface area contributed by atoms with Crippen LogP contribution in [0.4, 0.5) is 0 Å². The second-order valence-corrected chi connectivity index (χ2v) is 6.06. The molecule has 144 valence electrons. The van der Waals surface area contributed by atoms with Gasteiger partial charge in [-0.3, -0.25) is 25.2 Å². The van der Waals surface area contributed by atoms with Crippen molar-refractivity contribution in [2.75, 3.05) is 0 Å². The molecular formula is C23H19N3O3. The first kappa shape index (κ1) is 19.6. The Morgan fingerprint density at radius 3 is 1.62 bits per heavy atom. The molecule has 0 aliphatic carbocycles. The van der Waals surface area contributed by atoms with Gasteiger partial charge in [0.1, 0.15) is 5.70 Å². The van der Waals surface area contributed by atoms with Crippen molar-refractivity contribution >= 4 is 23.8 Å². The lowest BCUT2D eigenvalue weighted by Crippen LogP contribution is -2.45. The fraction of sp³-hybridized carbons (Fsp3) is 0. The smallest absolute Gasteiger partial charge is 0.286 e. The Morgan fingerprint density at radius 1 is 0.586 bits per heavy atom. The molecule has 0 heterocycles. The van der Waals surface area contributed by atoms with Gasteiger partial charge in [0.25, 0.3) is 17.7 Å². The molecule has 0 aromatic heterocycles. The van der Waals surface area contributed by atoms with Gasteiger partial charge >= 0.3 is 0 Å². The summed E-state index contributed by atoms with van der Waals surface area (Å²) in [6.07, 6.45) is 1.53. The number of hydrogen-bond donors (Lipinski definition) is 3. The molecule has 29 heavy (non-hydrogen) atoms. The molecule has 6 heteroatoms. The first-order valence-corrected chi connectivity index (χ1v) is 8.92. The highest BCUT2D eigenvalue weighted by Gasteiger charge is 2.15. The third-order valence-corrected chi connectivity index (χ3v) is 3.96. The number of carbonyl (C=O) groups excluding carboxylic acids is 3. The quantitative estimate of drug-likeness (QED) is 0.466. The van der Waals surface area contributed by atoms with E-state index < -0.39 is 17.7 Å². The van der Waals surface area contributed by atoms with Crippen LogP contribution in [0.15, 0.2) is 96.7 Å².